The highest BCUT2D eigenvalue weighted by Crippen LogP contribution is 2.45. The van der Waals surface area contributed by atoms with Gasteiger partial charge in [0.1, 0.15) is 0 Å². The highest BCUT2D eigenvalue weighted by Gasteiger charge is 2.38. The van der Waals surface area contributed by atoms with Crippen LogP contribution in [0.5, 0.6) is 0 Å². The summed E-state index contributed by atoms with van der Waals surface area (Å²) in [5, 5.41) is 3.31. The lowest BCUT2D eigenvalue weighted by molar-refractivity contribution is -0.120. The molecule has 3 aliphatic carbocycles. The maximum absolute atomic E-state index is 11.6. The van der Waals surface area contributed by atoms with Crippen molar-refractivity contribution in [2.24, 2.45) is 23.7 Å². The first-order valence-corrected chi connectivity index (χ1v) is 10.0. The molecule has 0 aromatic heterocycles. The lowest BCUT2D eigenvalue weighted by Gasteiger charge is -2.45. The van der Waals surface area contributed by atoms with Crippen LogP contribution >= 0.6 is 0 Å². The minimum Gasteiger partial charge on any atom is -0.353 e. The second-order valence-electron chi connectivity index (χ2n) is 8.34. The molecule has 3 aliphatic rings. The largest absolute Gasteiger partial charge is 0.353 e. The summed E-state index contributed by atoms with van der Waals surface area (Å²) in [5.41, 5.74) is 0. The Bertz CT molecular complexity index is 355. The average Bonchev–Trinajstić information content (AvgIpc) is 2.56. The van der Waals surface area contributed by atoms with Crippen molar-refractivity contribution in [3.8, 4) is 0 Å². The zero-order valence-corrected chi connectivity index (χ0v) is 14.5. The van der Waals surface area contributed by atoms with Gasteiger partial charge in [-0.15, -0.1) is 0 Å². The van der Waals surface area contributed by atoms with Crippen molar-refractivity contribution in [3.63, 3.8) is 0 Å². The fourth-order valence-corrected chi connectivity index (χ4v) is 5.80. The second-order valence-corrected chi connectivity index (χ2v) is 8.34. The van der Waals surface area contributed by atoms with Crippen LogP contribution in [0.3, 0.4) is 0 Å². The van der Waals surface area contributed by atoms with Gasteiger partial charge in [0.05, 0.1) is 0 Å². The third kappa shape index (κ3) is 4.06. The third-order valence-corrected chi connectivity index (χ3v) is 6.90. The van der Waals surface area contributed by atoms with E-state index in [1.54, 1.807) is 6.92 Å². The molecule has 0 aliphatic heterocycles. The van der Waals surface area contributed by atoms with Crippen molar-refractivity contribution in [3.05, 3.63) is 0 Å². The summed E-state index contributed by atoms with van der Waals surface area (Å²) in [6, 6.07) is 0.473. The Morgan fingerprint density at radius 1 is 0.727 bits per heavy atom. The molecule has 3 rings (SSSR count). The zero-order valence-electron chi connectivity index (χ0n) is 14.5. The Labute approximate surface area is 136 Å². The summed E-state index contributed by atoms with van der Waals surface area (Å²) in [7, 11) is 0. The molecule has 0 heterocycles. The van der Waals surface area contributed by atoms with Gasteiger partial charge < -0.3 is 5.32 Å². The van der Waals surface area contributed by atoms with Gasteiger partial charge >= 0.3 is 0 Å². The molecule has 22 heavy (non-hydrogen) atoms. The summed E-state index contributed by atoms with van der Waals surface area (Å²) in [6.07, 6.45) is 18.4. The predicted octanol–water partition coefficient (Wildman–Crippen LogP) is 5.07. The monoisotopic (exact) mass is 305 g/mol. The van der Waals surface area contributed by atoms with Gasteiger partial charge in [0.25, 0.3) is 0 Å². The average molecular weight is 306 g/mol. The maximum Gasteiger partial charge on any atom is 0.217 e. The fourth-order valence-electron chi connectivity index (χ4n) is 5.80. The van der Waals surface area contributed by atoms with Gasteiger partial charge in [-0.3, -0.25) is 4.79 Å². The first kappa shape index (κ1) is 16.3. The molecule has 3 fully saturated rings. The highest BCUT2D eigenvalue weighted by molar-refractivity contribution is 5.73. The molecule has 0 radical (unpaired) electrons. The molecule has 1 N–H and O–H groups in total. The normalized spacial score (nSPS) is 35.2. The Morgan fingerprint density at radius 3 is 1.91 bits per heavy atom. The molecule has 2 heteroatoms. The van der Waals surface area contributed by atoms with Crippen LogP contribution in [0.2, 0.25) is 0 Å². The molecule has 126 valence electrons. The van der Waals surface area contributed by atoms with Crippen molar-refractivity contribution in [1.29, 1.82) is 0 Å². The quantitative estimate of drug-likeness (QED) is 0.775. The number of hydrogen-bond donors (Lipinski definition) is 1. The van der Waals surface area contributed by atoms with Gasteiger partial charge in [-0.05, 0) is 42.9 Å². The number of carbonyl (C=O) groups excluding carboxylic acids is 1. The number of rotatable bonds is 3. The molecule has 0 saturated heterocycles. The summed E-state index contributed by atoms with van der Waals surface area (Å²) in [4.78, 5) is 11.6. The van der Waals surface area contributed by atoms with Crippen molar-refractivity contribution in [2.75, 3.05) is 0 Å². The topological polar surface area (TPSA) is 29.1 Å². The van der Waals surface area contributed by atoms with Crippen LogP contribution < -0.4 is 5.32 Å². The van der Waals surface area contributed by atoms with Gasteiger partial charge in [0.2, 0.25) is 5.91 Å². The molecule has 2 nitrogen and oxygen atoms in total. The number of hydrogen-bond acceptors (Lipinski definition) is 1. The Kier molecular flexibility index (Phi) is 5.82. The molecule has 0 unspecified atom stereocenters. The smallest absolute Gasteiger partial charge is 0.217 e. The first-order valence-electron chi connectivity index (χ1n) is 10.0. The maximum atomic E-state index is 11.6. The molecular weight excluding hydrogens is 270 g/mol. The van der Waals surface area contributed by atoms with Crippen molar-refractivity contribution >= 4 is 5.91 Å². The van der Waals surface area contributed by atoms with Crippen LogP contribution in [-0.4, -0.2) is 11.9 Å². The van der Waals surface area contributed by atoms with Gasteiger partial charge in [-0.2, -0.15) is 0 Å². The molecule has 0 aromatic rings. The van der Waals surface area contributed by atoms with E-state index < -0.39 is 0 Å². The van der Waals surface area contributed by atoms with E-state index in [4.69, 9.17) is 0 Å². The first-order chi connectivity index (χ1) is 10.7. The molecule has 1 amide bonds. The summed E-state index contributed by atoms with van der Waals surface area (Å²) in [5.74, 6) is 3.79. The summed E-state index contributed by atoms with van der Waals surface area (Å²) < 4.78 is 0. The molecular formula is C20H35NO. The Balaban J connectivity index is 1.65. The minimum absolute atomic E-state index is 0.182. The summed E-state index contributed by atoms with van der Waals surface area (Å²) >= 11 is 0. The summed E-state index contributed by atoms with van der Waals surface area (Å²) in [6.45, 7) is 1.70. The molecule has 3 atom stereocenters. The van der Waals surface area contributed by atoms with Crippen LogP contribution in [0.1, 0.15) is 90.4 Å². The van der Waals surface area contributed by atoms with Gasteiger partial charge in [-0.1, -0.05) is 64.2 Å². The minimum atomic E-state index is 0.182. The standard InChI is InChI=1S/C20H35NO/c1-15(22)21-20-13-12-18(16-8-4-2-5-9-16)14-19(20)17-10-6-3-7-11-17/h16-20H,2-14H2,1H3,(H,21,22)/t18-,19+,20-/m0/s1. The van der Waals surface area contributed by atoms with Crippen molar-refractivity contribution < 1.29 is 4.79 Å². The van der Waals surface area contributed by atoms with E-state index in [9.17, 15) is 4.79 Å². The van der Waals surface area contributed by atoms with E-state index in [1.165, 1.54) is 83.5 Å². The van der Waals surface area contributed by atoms with E-state index in [0.717, 1.165) is 23.7 Å². The van der Waals surface area contributed by atoms with Gasteiger partial charge in [0.15, 0.2) is 0 Å². The lowest BCUT2D eigenvalue weighted by Crippen LogP contribution is -2.47. The fraction of sp³-hybridized carbons (Fsp3) is 0.950. The van der Waals surface area contributed by atoms with Crippen LogP contribution in [-0.2, 0) is 4.79 Å². The number of amides is 1. The number of nitrogens with one attached hydrogen (secondary N) is 1. The molecule has 0 bridgehead atoms. The van der Waals surface area contributed by atoms with Gasteiger partial charge in [-0.25, -0.2) is 0 Å². The van der Waals surface area contributed by atoms with Crippen LogP contribution in [0.4, 0.5) is 0 Å². The predicted molar refractivity (Wildman–Crippen MR) is 91.6 cm³/mol. The van der Waals surface area contributed by atoms with E-state index in [-0.39, 0.29) is 5.91 Å². The van der Waals surface area contributed by atoms with E-state index in [0.29, 0.717) is 6.04 Å². The molecule has 0 aromatic carbocycles. The zero-order chi connectivity index (χ0) is 15.4. The molecule has 3 saturated carbocycles. The third-order valence-electron chi connectivity index (χ3n) is 6.90. The highest BCUT2D eigenvalue weighted by atomic mass is 16.1. The van der Waals surface area contributed by atoms with Crippen molar-refractivity contribution in [2.45, 2.75) is 96.4 Å². The second kappa shape index (κ2) is 7.84. The van der Waals surface area contributed by atoms with Crippen LogP contribution in [0.25, 0.3) is 0 Å². The van der Waals surface area contributed by atoms with Crippen molar-refractivity contribution in [1.82, 2.24) is 5.32 Å². The van der Waals surface area contributed by atoms with E-state index >= 15 is 0 Å². The van der Waals surface area contributed by atoms with E-state index in [2.05, 4.69) is 5.32 Å². The van der Waals surface area contributed by atoms with Gasteiger partial charge in [0, 0.05) is 13.0 Å². The Hall–Kier alpha value is -0.530. The van der Waals surface area contributed by atoms with Crippen LogP contribution in [0.15, 0.2) is 0 Å². The van der Waals surface area contributed by atoms with E-state index in [1.807, 2.05) is 0 Å². The Morgan fingerprint density at radius 2 is 1.32 bits per heavy atom. The SMILES string of the molecule is CC(=O)N[C@H]1CC[C@H](C2CCCCC2)C[C@@H]1C1CCCCC1. The lowest BCUT2D eigenvalue weighted by atomic mass is 9.63. The number of carbonyl (C=O) groups is 1. The molecule has 0 spiro atoms. The van der Waals surface area contributed by atoms with Crippen LogP contribution in [0, 0.1) is 23.7 Å².